The Morgan fingerprint density at radius 3 is 1.98 bits per heavy atom. The van der Waals surface area contributed by atoms with E-state index in [4.69, 9.17) is 22.8 Å². The van der Waals surface area contributed by atoms with Crippen molar-refractivity contribution in [3.63, 3.8) is 0 Å². The van der Waals surface area contributed by atoms with Gasteiger partial charge in [0.2, 0.25) is 11.4 Å². The third-order valence-corrected chi connectivity index (χ3v) is 11.2. The van der Waals surface area contributed by atoms with E-state index < -0.39 is 81.0 Å². The van der Waals surface area contributed by atoms with E-state index in [2.05, 4.69) is 10.6 Å². The second-order valence-corrected chi connectivity index (χ2v) is 13.0. The molecule has 1 aliphatic rings. The van der Waals surface area contributed by atoms with Gasteiger partial charge in [-0.2, -0.15) is 0 Å². The van der Waals surface area contributed by atoms with Crippen molar-refractivity contribution in [1.82, 2.24) is 20.2 Å². The first-order valence-corrected chi connectivity index (χ1v) is 15.9. The van der Waals surface area contributed by atoms with Crippen LogP contribution >= 0.6 is 15.2 Å². The number of carbonyl (C=O) groups is 2. The van der Waals surface area contributed by atoms with Gasteiger partial charge in [-0.15, -0.1) is 0 Å². The Labute approximate surface area is 234 Å². The minimum absolute atomic E-state index is 0.146. The van der Waals surface area contributed by atoms with E-state index in [-0.39, 0.29) is 26.4 Å². The second kappa shape index (κ2) is 15.3. The predicted molar refractivity (Wildman–Crippen MR) is 140 cm³/mol. The number of nitrogens with one attached hydrogen (secondary N) is 3. The van der Waals surface area contributed by atoms with Crippen molar-refractivity contribution in [2.75, 3.05) is 33.0 Å². The number of H-pyrrole nitrogens is 1. The Morgan fingerprint density at radius 1 is 1.00 bits per heavy atom. The minimum atomic E-state index is -4.34. The van der Waals surface area contributed by atoms with Gasteiger partial charge in [-0.05, 0) is 27.7 Å². The molecular weight excluding hydrogens is 594 g/mol. The lowest BCUT2D eigenvalue weighted by Gasteiger charge is -2.31. The molecule has 1 aliphatic heterocycles. The molecule has 0 spiro atoms. The molecule has 1 fully saturated rings. The molecule has 1 unspecified atom stereocenters. The molecule has 0 radical (unpaired) electrons. The van der Waals surface area contributed by atoms with E-state index in [1.54, 1.807) is 0 Å². The first kappa shape index (κ1) is 35.0. The molecule has 20 heteroatoms. The Kier molecular flexibility index (Phi) is 13.0. The van der Waals surface area contributed by atoms with Crippen LogP contribution in [0, 0.1) is 0 Å². The van der Waals surface area contributed by atoms with E-state index in [0.717, 1.165) is 16.8 Å². The van der Waals surface area contributed by atoms with Gasteiger partial charge in [-0.1, -0.05) is 0 Å². The summed E-state index contributed by atoms with van der Waals surface area (Å²) in [7, 11) is -8.69. The van der Waals surface area contributed by atoms with Crippen molar-refractivity contribution in [3.05, 3.63) is 33.1 Å². The van der Waals surface area contributed by atoms with Crippen LogP contribution in [-0.2, 0) is 41.6 Å². The minimum Gasteiger partial charge on any atom is -0.387 e. The van der Waals surface area contributed by atoms with Gasteiger partial charge in [0.05, 0.1) is 33.0 Å². The lowest BCUT2D eigenvalue weighted by molar-refractivity contribution is -0.144. The van der Waals surface area contributed by atoms with Crippen LogP contribution in [0.4, 0.5) is 0 Å². The highest BCUT2D eigenvalue weighted by Crippen LogP contribution is 2.69. The highest BCUT2D eigenvalue weighted by Gasteiger charge is 2.52. The largest absolute Gasteiger partial charge is 0.387 e. The Hall–Kier alpha value is -2.24. The number of nitrogens with zero attached hydrogens (tertiary/aromatic N) is 1. The van der Waals surface area contributed by atoms with Crippen LogP contribution < -0.4 is 21.9 Å². The van der Waals surface area contributed by atoms with Crippen LogP contribution in [0.2, 0.25) is 0 Å². The van der Waals surface area contributed by atoms with Crippen molar-refractivity contribution in [2.24, 2.45) is 0 Å². The summed E-state index contributed by atoms with van der Waals surface area (Å²) in [4.78, 5) is 50.6. The number of hydrogen-bond donors (Lipinski definition) is 6. The van der Waals surface area contributed by atoms with Gasteiger partial charge in [0.15, 0.2) is 12.3 Å². The smallest absolute Gasteiger partial charge is 0.365 e. The molecule has 0 bridgehead atoms. The zero-order chi connectivity index (χ0) is 31.0. The lowest BCUT2D eigenvalue weighted by Crippen LogP contribution is -2.50. The number of aliphatic hydroxyl groups is 3. The zero-order valence-corrected chi connectivity index (χ0v) is 24.6. The van der Waals surface area contributed by atoms with Crippen molar-refractivity contribution < 1.29 is 56.9 Å². The van der Waals surface area contributed by atoms with Crippen LogP contribution in [0.3, 0.4) is 0 Å². The second-order valence-electron chi connectivity index (χ2n) is 8.34. The highest BCUT2D eigenvalue weighted by atomic mass is 31.2. The Balaban J connectivity index is 2.16. The summed E-state index contributed by atoms with van der Waals surface area (Å²) in [5, 5.41) is 35.4. The first-order chi connectivity index (χ1) is 19.3. The number of aliphatic hydroxyl groups excluding tert-OH is 3. The monoisotopic (exact) mass is 630 g/mol. The molecule has 1 aromatic heterocycles. The topological polar surface area (TPSA) is 254 Å². The number of rotatable bonds is 16. The highest BCUT2D eigenvalue weighted by molar-refractivity contribution is 7.72. The third-order valence-electron chi connectivity index (χ3n) is 5.53. The standard InChI is InChI=1S/C21H36N4O14P2/c1-5-35-40(33,36-6-2)21(41(34,37-7-3)38-8-4)24-13(27)11-22-18(31)16(30)17-14(28)15(29)19(39-17)25-10-9-12(26)23-20(25)32/h9-10,14-17,19,21,28-30H,5-8,11H2,1-4H3,(H,22,31)(H,24,27)(H,23,26,32)/t14-,15+,16?,17-,19+/m0/s1. The number of amides is 2. The number of hydrogen-bond acceptors (Lipinski definition) is 14. The maximum atomic E-state index is 13.5. The molecule has 18 nitrogen and oxygen atoms in total. The van der Waals surface area contributed by atoms with Crippen LogP contribution in [0.5, 0.6) is 0 Å². The average Bonchev–Trinajstić information content (AvgIpc) is 3.19. The molecule has 1 aromatic rings. The van der Waals surface area contributed by atoms with Crippen LogP contribution in [0.15, 0.2) is 21.9 Å². The summed E-state index contributed by atoms with van der Waals surface area (Å²) in [6, 6.07) is 0.956. The fourth-order valence-corrected chi connectivity index (χ4v) is 8.77. The molecular formula is C21H36N4O14P2. The van der Waals surface area contributed by atoms with Crippen LogP contribution in [-0.4, -0.2) is 99.6 Å². The first-order valence-electron chi connectivity index (χ1n) is 12.6. The lowest BCUT2D eigenvalue weighted by atomic mass is 10.0. The van der Waals surface area contributed by atoms with Crippen molar-refractivity contribution in [1.29, 1.82) is 0 Å². The van der Waals surface area contributed by atoms with Crippen molar-refractivity contribution >= 4 is 27.0 Å². The quantitative estimate of drug-likeness (QED) is 0.115. The Bertz CT molecular complexity index is 1210. The summed E-state index contributed by atoms with van der Waals surface area (Å²) >= 11 is 0. The van der Waals surface area contributed by atoms with E-state index >= 15 is 0 Å². The number of aromatic nitrogens is 2. The zero-order valence-electron chi connectivity index (χ0n) is 22.8. The molecule has 2 amide bonds. The van der Waals surface area contributed by atoms with Gasteiger partial charge < -0.3 is 48.8 Å². The molecule has 6 N–H and O–H groups in total. The maximum Gasteiger partial charge on any atom is 0.365 e. The maximum absolute atomic E-state index is 13.5. The molecule has 2 rings (SSSR count). The molecule has 5 atom stereocenters. The number of ether oxygens (including phenoxy) is 1. The van der Waals surface area contributed by atoms with Crippen molar-refractivity contribution in [2.45, 2.75) is 63.9 Å². The van der Waals surface area contributed by atoms with E-state index in [1.807, 2.05) is 4.98 Å². The summed E-state index contributed by atoms with van der Waals surface area (Å²) in [5.74, 6) is -2.29. The fourth-order valence-electron chi connectivity index (χ4n) is 3.83. The molecule has 234 valence electrons. The van der Waals surface area contributed by atoms with Gasteiger partial charge in [0, 0.05) is 12.3 Å². The summed E-state index contributed by atoms with van der Waals surface area (Å²) < 4.78 is 54.0. The SMILES string of the molecule is CCOP(=O)(OCC)C(NC(=O)CNC(=O)C(O)[C@H]1O[C@@H](n2ccc(=O)[nH]c2=O)[C@H](O)[C@@H]1O)P(=O)(OCC)OCC. The molecule has 0 saturated carbocycles. The molecule has 0 aliphatic carbocycles. The van der Waals surface area contributed by atoms with E-state index in [0.29, 0.717) is 0 Å². The van der Waals surface area contributed by atoms with Gasteiger partial charge in [-0.3, -0.25) is 33.1 Å². The molecule has 2 heterocycles. The predicted octanol–water partition coefficient (Wildman–Crippen LogP) is -1.44. The van der Waals surface area contributed by atoms with Gasteiger partial charge in [0.1, 0.15) is 18.3 Å². The molecule has 41 heavy (non-hydrogen) atoms. The average molecular weight is 630 g/mol. The van der Waals surface area contributed by atoms with Gasteiger partial charge in [-0.25, -0.2) is 4.79 Å². The fraction of sp³-hybridized carbons (Fsp3) is 0.714. The van der Waals surface area contributed by atoms with E-state index in [1.165, 1.54) is 27.7 Å². The van der Waals surface area contributed by atoms with Crippen LogP contribution in [0.25, 0.3) is 0 Å². The van der Waals surface area contributed by atoms with Crippen molar-refractivity contribution in [3.8, 4) is 0 Å². The summed E-state index contributed by atoms with van der Waals surface area (Å²) in [6.45, 7) is 4.52. The Morgan fingerprint density at radius 2 is 1.51 bits per heavy atom. The number of aromatic amines is 1. The van der Waals surface area contributed by atoms with Crippen LogP contribution in [0.1, 0.15) is 33.9 Å². The number of carbonyl (C=O) groups excluding carboxylic acids is 2. The summed E-state index contributed by atoms with van der Waals surface area (Å²) in [5.41, 5.74) is -3.61. The normalized spacial score (nSPS) is 22.0. The van der Waals surface area contributed by atoms with E-state index in [9.17, 15) is 43.6 Å². The van der Waals surface area contributed by atoms with Gasteiger partial charge in [0.25, 0.3) is 11.5 Å². The summed E-state index contributed by atoms with van der Waals surface area (Å²) in [6.07, 6.45) is -8.12. The molecule has 0 aromatic carbocycles. The van der Waals surface area contributed by atoms with Gasteiger partial charge >= 0.3 is 20.9 Å². The third kappa shape index (κ3) is 8.41. The molecule has 1 saturated heterocycles.